The molecule has 19 heavy (non-hydrogen) atoms. The van der Waals surface area contributed by atoms with Crippen molar-refractivity contribution in [2.45, 2.75) is 38.6 Å². The third-order valence-corrected chi connectivity index (χ3v) is 5.48. The highest BCUT2D eigenvalue weighted by atomic mass is 79.9. The van der Waals surface area contributed by atoms with E-state index in [1.807, 2.05) is 13.8 Å². The number of aliphatic hydroxyl groups is 1. The lowest BCUT2D eigenvalue weighted by atomic mass is 9.77. The summed E-state index contributed by atoms with van der Waals surface area (Å²) in [5, 5.41) is 10.7. The Balaban J connectivity index is 2.16. The van der Waals surface area contributed by atoms with Crippen LogP contribution in [-0.2, 0) is 14.3 Å². The van der Waals surface area contributed by atoms with Crippen LogP contribution in [0.4, 0.5) is 0 Å². The van der Waals surface area contributed by atoms with Gasteiger partial charge < -0.3 is 9.84 Å². The molecule has 1 saturated carbocycles. The van der Waals surface area contributed by atoms with E-state index in [1.165, 1.54) is 6.08 Å². The first-order valence-electron chi connectivity index (χ1n) is 6.26. The van der Waals surface area contributed by atoms with Crippen molar-refractivity contribution in [2.24, 2.45) is 11.3 Å². The molecule has 1 N–H and O–H groups in total. The van der Waals surface area contributed by atoms with Gasteiger partial charge in [0.05, 0.1) is 5.60 Å². The summed E-state index contributed by atoms with van der Waals surface area (Å²) < 4.78 is 6.10. The Morgan fingerprint density at radius 1 is 1.53 bits per heavy atom. The fraction of sp³-hybridized carbons (Fsp3) is 0.571. The second kappa shape index (κ2) is 3.45. The lowest BCUT2D eigenvalue weighted by Crippen LogP contribution is -2.54. The molecule has 0 aromatic carbocycles. The first-order valence-corrected chi connectivity index (χ1v) is 7.05. The quantitative estimate of drug-likeness (QED) is 0.799. The third-order valence-electron chi connectivity index (χ3n) is 4.59. The number of hydrogen-bond donors (Lipinski definition) is 1. The first kappa shape index (κ1) is 13.2. The number of allylic oxidation sites excluding steroid dienone is 3. The Morgan fingerprint density at radius 2 is 2.16 bits per heavy atom. The maximum absolute atomic E-state index is 12.5. The van der Waals surface area contributed by atoms with Crippen molar-refractivity contribution >= 4 is 27.5 Å². The zero-order chi connectivity index (χ0) is 14.2. The van der Waals surface area contributed by atoms with Gasteiger partial charge in [-0.2, -0.15) is 0 Å². The van der Waals surface area contributed by atoms with Crippen LogP contribution in [-0.4, -0.2) is 28.1 Å². The summed E-state index contributed by atoms with van der Waals surface area (Å²) in [7, 11) is 0. The molecule has 3 atom stereocenters. The van der Waals surface area contributed by atoms with Crippen molar-refractivity contribution in [3.63, 3.8) is 0 Å². The topological polar surface area (TPSA) is 63.6 Å². The molecule has 4 nitrogen and oxygen atoms in total. The largest absolute Gasteiger partial charge is 0.358 e. The Kier molecular flexibility index (Phi) is 2.40. The van der Waals surface area contributed by atoms with Crippen molar-refractivity contribution in [1.29, 1.82) is 0 Å². The molecule has 0 aromatic rings. The minimum Gasteiger partial charge on any atom is -0.358 e. The standard InChI is InChI=1S/C14H15BrO4/c1-4-8(15)7-5-10(16)13-6-9(13)12(2,3)19-14(13,18)11(7)17/h4-5,9,18H,6H2,1-3H3/b8-4-/t9-,13-,14-/m1/s1. The Bertz CT molecular complexity index is 574. The van der Waals surface area contributed by atoms with Crippen LogP contribution >= 0.6 is 15.9 Å². The lowest BCUT2D eigenvalue weighted by molar-refractivity contribution is -0.238. The predicted octanol–water partition coefficient (Wildman–Crippen LogP) is 1.87. The van der Waals surface area contributed by atoms with Gasteiger partial charge in [-0.3, -0.25) is 9.59 Å². The van der Waals surface area contributed by atoms with Gasteiger partial charge in [-0.1, -0.05) is 22.0 Å². The number of carbonyl (C=O) groups is 2. The van der Waals surface area contributed by atoms with Crippen molar-refractivity contribution in [3.8, 4) is 0 Å². The van der Waals surface area contributed by atoms with Crippen LogP contribution < -0.4 is 0 Å². The van der Waals surface area contributed by atoms with E-state index in [2.05, 4.69) is 15.9 Å². The van der Waals surface area contributed by atoms with E-state index in [9.17, 15) is 14.7 Å². The zero-order valence-corrected chi connectivity index (χ0v) is 12.6. The highest BCUT2D eigenvalue weighted by Crippen LogP contribution is 2.73. The zero-order valence-electron chi connectivity index (χ0n) is 11.0. The average molecular weight is 327 g/mol. The highest BCUT2D eigenvalue weighted by Gasteiger charge is 2.84. The van der Waals surface area contributed by atoms with Crippen molar-refractivity contribution < 1.29 is 19.4 Å². The number of ketones is 2. The number of halogens is 1. The summed E-state index contributed by atoms with van der Waals surface area (Å²) in [5.41, 5.74) is -1.53. The number of ether oxygens (including phenoxy) is 1. The van der Waals surface area contributed by atoms with Gasteiger partial charge in [0, 0.05) is 16.0 Å². The van der Waals surface area contributed by atoms with Crippen LogP contribution in [0.15, 0.2) is 22.2 Å². The molecule has 1 saturated heterocycles. The number of Topliss-reactive ketones (excluding diaryl/α,β-unsaturated/α-hetero) is 1. The summed E-state index contributed by atoms with van der Waals surface area (Å²) >= 11 is 3.24. The van der Waals surface area contributed by atoms with Gasteiger partial charge >= 0.3 is 0 Å². The Hall–Kier alpha value is -0.780. The van der Waals surface area contributed by atoms with E-state index >= 15 is 0 Å². The van der Waals surface area contributed by atoms with E-state index in [1.54, 1.807) is 13.0 Å². The predicted molar refractivity (Wildman–Crippen MR) is 71.4 cm³/mol. The molecule has 1 spiro atoms. The normalized spacial score (nSPS) is 43.7. The van der Waals surface area contributed by atoms with E-state index in [4.69, 9.17) is 4.74 Å². The molecule has 3 aliphatic rings. The van der Waals surface area contributed by atoms with E-state index in [0.29, 0.717) is 10.9 Å². The minimum atomic E-state index is -2.01. The van der Waals surface area contributed by atoms with Crippen molar-refractivity contribution in [2.75, 3.05) is 0 Å². The maximum Gasteiger partial charge on any atom is 0.245 e. The monoisotopic (exact) mass is 326 g/mol. The lowest BCUT2D eigenvalue weighted by Gasteiger charge is -2.35. The number of hydrogen-bond acceptors (Lipinski definition) is 4. The fourth-order valence-corrected chi connectivity index (χ4v) is 3.84. The molecular formula is C14H15BrO4. The maximum atomic E-state index is 12.5. The van der Waals surface area contributed by atoms with Gasteiger partial charge in [0.25, 0.3) is 0 Å². The molecule has 0 unspecified atom stereocenters. The molecule has 0 bridgehead atoms. The fourth-order valence-electron chi connectivity index (χ4n) is 3.55. The highest BCUT2D eigenvalue weighted by molar-refractivity contribution is 9.12. The van der Waals surface area contributed by atoms with E-state index in [0.717, 1.165) is 0 Å². The SMILES string of the molecule is C/C=C(\Br)C1=CC(=O)[C@@]23C[C@@H]2C(C)(C)O[C@]3(O)C1=O. The van der Waals surface area contributed by atoms with Crippen LogP contribution in [0.5, 0.6) is 0 Å². The van der Waals surface area contributed by atoms with Gasteiger partial charge in [0.2, 0.25) is 11.6 Å². The molecule has 1 heterocycles. The molecule has 3 rings (SSSR count). The van der Waals surface area contributed by atoms with Gasteiger partial charge in [-0.05, 0) is 33.3 Å². The Labute approximate surface area is 119 Å². The number of rotatable bonds is 1. The molecule has 0 amide bonds. The average Bonchev–Trinajstić information content (AvgIpc) is 3.05. The molecule has 5 heteroatoms. The number of carbonyl (C=O) groups excluding carboxylic acids is 2. The van der Waals surface area contributed by atoms with Crippen LogP contribution in [0.2, 0.25) is 0 Å². The molecule has 0 radical (unpaired) electrons. The van der Waals surface area contributed by atoms with Gasteiger partial charge in [0.1, 0.15) is 5.41 Å². The smallest absolute Gasteiger partial charge is 0.245 e. The molecule has 2 fully saturated rings. The molecule has 0 aromatic heterocycles. The van der Waals surface area contributed by atoms with E-state index < -0.39 is 22.6 Å². The van der Waals surface area contributed by atoms with Gasteiger partial charge in [-0.15, -0.1) is 0 Å². The second-order valence-corrected chi connectivity index (χ2v) is 6.82. The summed E-state index contributed by atoms with van der Waals surface area (Å²) in [5.74, 6) is -2.84. The van der Waals surface area contributed by atoms with Crippen LogP contribution in [0.3, 0.4) is 0 Å². The van der Waals surface area contributed by atoms with Crippen LogP contribution in [0.25, 0.3) is 0 Å². The molecule has 1 aliphatic heterocycles. The summed E-state index contributed by atoms with van der Waals surface area (Å²) in [6, 6.07) is 0. The van der Waals surface area contributed by atoms with Crippen LogP contribution in [0, 0.1) is 11.3 Å². The van der Waals surface area contributed by atoms with Gasteiger partial charge in [0.15, 0.2) is 5.78 Å². The van der Waals surface area contributed by atoms with E-state index in [-0.39, 0.29) is 17.3 Å². The second-order valence-electron chi connectivity index (χ2n) is 5.97. The third kappa shape index (κ3) is 1.31. The first-order chi connectivity index (χ1) is 8.70. The van der Waals surface area contributed by atoms with Crippen molar-refractivity contribution in [1.82, 2.24) is 0 Å². The van der Waals surface area contributed by atoms with Gasteiger partial charge in [-0.25, -0.2) is 0 Å². The molecule has 102 valence electrons. The summed E-state index contributed by atoms with van der Waals surface area (Å²) in [6.07, 6.45) is 3.52. The molecule has 2 aliphatic carbocycles. The Morgan fingerprint density at radius 3 is 2.68 bits per heavy atom. The van der Waals surface area contributed by atoms with Crippen LogP contribution in [0.1, 0.15) is 27.2 Å². The summed E-state index contributed by atoms with van der Waals surface area (Å²) in [4.78, 5) is 24.9. The minimum absolute atomic E-state index is 0.0939. The molecular weight excluding hydrogens is 312 g/mol. The summed E-state index contributed by atoms with van der Waals surface area (Å²) in [6.45, 7) is 5.37. The van der Waals surface area contributed by atoms with Crippen molar-refractivity contribution in [3.05, 3.63) is 22.2 Å².